The van der Waals surface area contributed by atoms with Crippen LogP contribution < -0.4 is 4.74 Å². The predicted molar refractivity (Wildman–Crippen MR) is 122 cm³/mol. The van der Waals surface area contributed by atoms with E-state index in [4.69, 9.17) is 4.74 Å². The second-order valence-corrected chi connectivity index (χ2v) is 9.75. The largest absolute Gasteiger partial charge is 0.496 e. The fraction of sp³-hybridized carbons (Fsp3) is 0.615. The monoisotopic (exact) mass is 424 g/mol. The Morgan fingerprint density at radius 3 is 2.13 bits per heavy atom. The zero-order valence-electron chi connectivity index (χ0n) is 19.2. The average Bonchev–Trinajstić information content (AvgIpc) is 2.97. The van der Waals surface area contributed by atoms with E-state index in [-0.39, 0.29) is 17.9 Å². The number of para-hydroxylation sites is 1. The number of methoxy groups -OCH3 is 1. The van der Waals surface area contributed by atoms with Crippen LogP contribution in [0.3, 0.4) is 0 Å². The molecule has 2 fully saturated rings. The molecule has 2 atom stereocenters. The SMILES string of the molecule is COc1ccccc1C1=C(N2CC(C)CC(C)C2)C(=O)N(C2CCCCCCC2)C1=O. The van der Waals surface area contributed by atoms with Crippen LogP contribution in [0.15, 0.2) is 30.0 Å². The van der Waals surface area contributed by atoms with Crippen molar-refractivity contribution < 1.29 is 14.3 Å². The molecule has 0 radical (unpaired) electrons. The Labute approximate surface area is 186 Å². The molecule has 2 aliphatic heterocycles. The Balaban J connectivity index is 1.77. The zero-order chi connectivity index (χ0) is 22.0. The number of hydrogen-bond donors (Lipinski definition) is 0. The first-order chi connectivity index (χ1) is 15.0. The number of likely N-dealkylation sites (tertiary alicyclic amines) is 1. The van der Waals surface area contributed by atoms with Gasteiger partial charge in [-0.2, -0.15) is 0 Å². The number of carbonyl (C=O) groups is 2. The fourth-order valence-electron chi connectivity index (χ4n) is 5.79. The molecule has 1 aromatic rings. The number of benzene rings is 1. The summed E-state index contributed by atoms with van der Waals surface area (Å²) >= 11 is 0. The van der Waals surface area contributed by atoms with Gasteiger partial charge >= 0.3 is 0 Å². The summed E-state index contributed by atoms with van der Waals surface area (Å²) in [6.07, 6.45) is 8.78. The number of amides is 2. The molecule has 4 rings (SSSR count). The molecule has 5 nitrogen and oxygen atoms in total. The molecule has 168 valence electrons. The molecule has 0 aromatic heterocycles. The summed E-state index contributed by atoms with van der Waals surface area (Å²) < 4.78 is 5.60. The molecular formula is C26H36N2O3. The smallest absolute Gasteiger partial charge is 0.278 e. The van der Waals surface area contributed by atoms with Crippen LogP contribution in [0.2, 0.25) is 0 Å². The minimum atomic E-state index is -0.138. The van der Waals surface area contributed by atoms with Crippen molar-refractivity contribution in [3.63, 3.8) is 0 Å². The molecule has 5 heteroatoms. The number of rotatable bonds is 4. The fourth-order valence-corrected chi connectivity index (χ4v) is 5.79. The number of hydrogen-bond acceptors (Lipinski definition) is 4. The summed E-state index contributed by atoms with van der Waals surface area (Å²) in [7, 11) is 1.62. The third-order valence-corrected chi connectivity index (χ3v) is 7.09. The molecule has 1 aliphatic carbocycles. The molecule has 1 saturated heterocycles. The van der Waals surface area contributed by atoms with E-state index in [1.165, 1.54) is 19.3 Å². The highest BCUT2D eigenvalue weighted by atomic mass is 16.5. The normalized spacial score (nSPS) is 26.3. The van der Waals surface area contributed by atoms with E-state index in [1.807, 2.05) is 24.3 Å². The Kier molecular flexibility index (Phi) is 6.68. The summed E-state index contributed by atoms with van der Waals surface area (Å²) in [5, 5.41) is 0. The van der Waals surface area contributed by atoms with Crippen molar-refractivity contribution in [1.29, 1.82) is 0 Å². The van der Waals surface area contributed by atoms with E-state index < -0.39 is 0 Å². The molecule has 31 heavy (non-hydrogen) atoms. The van der Waals surface area contributed by atoms with Gasteiger partial charge in [0, 0.05) is 24.7 Å². The van der Waals surface area contributed by atoms with Gasteiger partial charge in [0.05, 0.1) is 12.7 Å². The molecule has 1 saturated carbocycles. The van der Waals surface area contributed by atoms with Crippen LogP contribution in [0.5, 0.6) is 5.75 Å². The standard InChI is InChI=1S/C26H36N2O3/c1-18-15-19(2)17-27(16-18)24-23(21-13-9-10-14-22(21)31-3)25(29)28(26(24)30)20-11-7-5-4-6-8-12-20/h9-10,13-14,18-20H,4-8,11-12,15-17H2,1-3H3. The van der Waals surface area contributed by atoms with Crippen LogP contribution in [0.1, 0.15) is 70.8 Å². The molecule has 3 aliphatic rings. The van der Waals surface area contributed by atoms with Gasteiger partial charge in [-0.25, -0.2) is 0 Å². The molecule has 0 N–H and O–H groups in total. The zero-order valence-corrected chi connectivity index (χ0v) is 19.2. The lowest BCUT2D eigenvalue weighted by Crippen LogP contribution is -2.45. The number of carbonyl (C=O) groups excluding carboxylic acids is 2. The van der Waals surface area contributed by atoms with E-state index in [0.29, 0.717) is 28.9 Å². The maximum Gasteiger partial charge on any atom is 0.278 e. The van der Waals surface area contributed by atoms with Crippen molar-refractivity contribution >= 4 is 17.4 Å². The van der Waals surface area contributed by atoms with E-state index in [1.54, 1.807) is 12.0 Å². The highest BCUT2D eigenvalue weighted by Crippen LogP contribution is 2.40. The molecule has 0 bridgehead atoms. The molecule has 0 spiro atoms. The summed E-state index contributed by atoms with van der Waals surface area (Å²) in [4.78, 5) is 31.5. The molecule has 1 aromatic carbocycles. The highest BCUT2D eigenvalue weighted by Gasteiger charge is 2.46. The molecule has 2 unspecified atom stereocenters. The quantitative estimate of drug-likeness (QED) is 0.648. The Morgan fingerprint density at radius 1 is 0.871 bits per heavy atom. The van der Waals surface area contributed by atoms with Crippen LogP contribution >= 0.6 is 0 Å². The average molecular weight is 425 g/mol. The lowest BCUT2D eigenvalue weighted by atomic mass is 9.90. The van der Waals surface area contributed by atoms with Gasteiger partial charge in [-0.3, -0.25) is 14.5 Å². The van der Waals surface area contributed by atoms with Crippen molar-refractivity contribution in [2.24, 2.45) is 11.8 Å². The summed E-state index contributed by atoms with van der Waals surface area (Å²) in [5.74, 6) is 1.40. The first-order valence-corrected chi connectivity index (χ1v) is 12.0. The summed E-state index contributed by atoms with van der Waals surface area (Å²) in [6.45, 7) is 6.10. The van der Waals surface area contributed by atoms with Gasteiger partial charge in [-0.05, 0) is 37.2 Å². The number of piperidine rings is 1. The maximum absolute atomic E-state index is 13.9. The minimum Gasteiger partial charge on any atom is -0.496 e. The van der Waals surface area contributed by atoms with Gasteiger partial charge in [-0.15, -0.1) is 0 Å². The summed E-state index contributed by atoms with van der Waals surface area (Å²) in [6, 6.07) is 7.61. The third kappa shape index (κ3) is 4.37. The van der Waals surface area contributed by atoms with Gasteiger partial charge in [0.1, 0.15) is 11.4 Å². The lowest BCUT2D eigenvalue weighted by Gasteiger charge is -2.37. The Morgan fingerprint density at radius 2 is 1.48 bits per heavy atom. The Hall–Kier alpha value is -2.30. The van der Waals surface area contributed by atoms with E-state index in [0.717, 1.165) is 50.8 Å². The summed E-state index contributed by atoms with van der Waals surface area (Å²) in [5.41, 5.74) is 1.86. The van der Waals surface area contributed by atoms with Gasteiger partial charge < -0.3 is 9.64 Å². The van der Waals surface area contributed by atoms with Gasteiger partial charge in [0.25, 0.3) is 11.8 Å². The van der Waals surface area contributed by atoms with E-state index in [2.05, 4.69) is 18.7 Å². The first kappa shape index (κ1) is 21.9. The van der Waals surface area contributed by atoms with E-state index in [9.17, 15) is 9.59 Å². The lowest BCUT2D eigenvalue weighted by molar-refractivity contribution is -0.140. The van der Waals surface area contributed by atoms with Crippen molar-refractivity contribution in [3.05, 3.63) is 35.5 Å². The second-order valence-electron chi connectivity index (χ2n) is 9.75. The number of nitrogens with zero attached hydrogens (tertiary/aromatic N) is 2. The van der Waals surface area contributed by atoms with Crippen LogP contribution in [0, 0.1) is 11.8 Å². The Bertz CT molecular complexity index is 844. The van der Waals surface area contributed by atoms with Crippen LogP contribution in [0.4, 0.5) is 0 Å². The molecular weight excluding hydrogens is 388 g/mol. The molecule has 2 amide bonds. The van der Waals surface area contributed by atoms with Gasteiger partial charge in [0.2, 0.25) is 0 Å². The van der Waals surface area contributed by atoms with E-state index >= 15 is 0 Å². The maximum atomic E-state index is 13.9. The van der Waals surface area contributed by atoms with Crippen molar-refractivity contribution in [1.82, 2.24) is 9.80 Å². The minimum absolute atomic E-state index is 0.00199. The first-order valence-electron chi connectivity index (χ1n) is 12.0. The second kappa shape index (κ2) is 9.46. The number of imide groups is 1. The predicted octanol–water partition coefficient (Wildman–Crippen LogP) is 4.87. The number of ether oxygens (including phenoxy) is 1. The van der Waals surface area contributed by atoms with Crippen LogP contribution in [-0.4, -0.2) is 47.9 Å². The van der Waals surface area contributed by atoms with Gasteiger partial charge in [0.15, 0.2) is 0 Å². The topological polar surface area (TPSA) is 49.9 Å². The van der Waals surface area contributed by atoms with Crippen LogP contribution in [0.25, 0.3) is 5.57 Å². The van der Waals surface area contributed by atoms with Crippen molar-refractivity contribution in [2.45, 2.75) is 71.3 Å². The highest BCUT2D eigenvalue weighted by molar-refractivity contribution is 6.36. The molecule has 2 heterocycles. The third-order valence-electron chi connectivity index (χ3n) is 7.09. The van der Waals surface area contributed by atoms with Crippen LogP contribution in [-0.2, 0) is 9.59 Å². The van der Waals surface area contributed by atoms with Crippen molar-refractivity contribution in [3.8, 4) is 5.75 Å². The van der Waals surface area contributed by atoms with Gasteiger partial charge in [-0.1, -0.05) is 64.2 Å². The van der Waals surface area contributed by atoms with Crippen molar-refractivity contribution in [2.75, 3.05) is 20.2 Å².